The lowest BCUT2D eigenvalue weighted by molar-refractivity contribution is -0.137. The van der Waals surface area contributed by atoms with E-state index in [0.29, 0.717) is 22.9 Å². The predicted octanol–water partition coefficient (Wildman–Crippen LogP) is 6.30. The van der Waals surface area contributed by atoms with E-state index in [2.05, 4.69) is 10.3 Å². The van der Waals surface area contributed by atoms with Gasteiger partial charge in [-0.25, -0.2) is 4.39 Å². The number of anilines is 2. The van der Waals surface area contributed by atoms with Crippen LogP contribution in [0.25, 0.3) is 0 Å². The number of hydrogen-bond donors (Lipinski definition) is 2. The fourth-order valence-electron chi connectivity index (χ4n) is 8.34. The number of nitrogens with one attached hydrogen (secondary N) is 2. The second-order valence-corrected chi connectivity index (χ2v) is 15.0. The highest BCUT2D eigenvalue weighted by Gasteiger charge is 2.69. The normalized spacial score (nSPS) is 26.4. The minimum Gasteiger partial charge on any atom is -0.493 e. The van der Waals surface area contributed by atoms with Crippen molar-refractivity contribution in [2.24, 2.45) is 29.6 Å². The first-order valence-corrected chi connectivity index (χ1v) is 17.4. The number of ether oxygens (including phenoxy) is 2. The maximum Gasteiger partial charge on any atom is 0.416 e. The molecule has 50 heavy (non-hydrogen) atoms. The summed E-state index contributed by atoms with van der Waals surface area (Å²) in [5.41, 5.74) is 0.156. The number of aromatic nitrogens is 1. The largest absolute Gasteiger partial charge is 0.493 e. The van der Waals surface area contributed by atoms with Crippen molar-refractivity contribution < 1.29 is 41.4 Å². The van der Waals surface area contributed by atoms with Crippen molar-refractivity contribution in [2.45, 2.75) is 28.8 Å². The van der Waals surface area contributed by atoms with Crippen LogP contribution in [0.4, 0.5) is 28.9 Å². The van der Waals surface area contributed by atoms with Gasteiger partial charge in [-0.2, -0.15) is 13.2 Å². The maximum absolute atomic E-state index is 14.0. The number of aromatic amines is 1. The van der Waals surface area contributed by atoms with Crippen LogP contribution in [0.5, 0.6) is 11.5 Å². The fourth-order valence-corrected chi connectivity index (χ4v) is 11.2. The van der Waals surface area contributed by atoms with Gasteiger partial charge in [-0.05, 0) is 84.3 Å². The van der Waals surface area contributed by atoms with E-state index in [1.807, 2.05) is 6.07 Å². The summed E-state index contributed by atoms with van der Waals surface area (Å²) in [5, 5.41) is 3.18. The Kier molecular flexibility index (Phi) is 7.82. The van der Waals surface area contributed by atoms with Crippen LogP contribution in [-0.4, -0.2) is 41.7 Å². The summed E-state index contributed by atoms with van der Waals surface area (Å²) < 4.78 is 65.3. The standard InChI is InChI=1S/C35H27F4N3O6S2/c1-47-23-11-15(5-10-22(23)48-14-24(43)40-18-8-6-17(36)7-9-18)25-26-20-13-21(29(26)49-31-30(25)50-34(46)41-31)28-27(20)32(44)42(33(28)45)19-4-2-3-16(12-19)35(37,38)39/h2-12,20-21,25-29H,13-14H2,1H3,(H,40,43)(H,41,46)/t20-,21-,25-,26?,27?,28?,29?/m1/s1. The number of methoxy groups -OCH3 is 1. The second-order valence-electron chi connectivity index (χ2n) is 12.8. The summed E-state index contributed by atoms with van der Waals surface area (Å²) in [6, 6.07) is 14.9. The Morgan fingerprint density at radius 1 is 0.980 bits per heavy atom. The van der Waals surface area contributed by atoms with Gasteiger partial charge in [0.2, 0.25) is 11.8 Å². The molecule has 3 amide bonds. The van der Waals surface area contributed by atoms with Gasteiger partial charge in [-0.1, -0.05) is 23.5 Å². The number of rotatable bonds is 7. The number of imide groups is 1. The Balaban J connectivity index is 1.09. The number of carbonyl (C=O) groups excluding carboxylic acids is 3. The van der Waals surface area contributed by atoms with E-state index in [4.69, 9.17) is 9.47 Å². The Bertz CT molecular complexity index is 2100. The molecule has 7 atom stereocenters. The van der Waals surface area contributed by atoms with Crippen molar-refractivity contribution in [3.8, 4) is 11.5 Å². The van der Waals surface area contributed by atoms with Gasteiger partial charge < -0.3 is 19.8 Å². The molecule has 0 radical (unpaired) electrons. The van der Waals surface area contributed by atoms with Gasteiger partial charge in [0.1, 0.15) is 5.82 Å². The van der Waals surface area contributed by atoms with Gasteiger partial charge in [0.05, 0.1) is 35.2 Å². The first-order chi connectivity index (χ1) is 23.9. The van der Waals surface area contributed by atoms with E-state index in [9.17, 15) is 36.7 Å². The van der Waals surface area contributed by atoms with Gasteiger partial charge in [-0.3, -0.25) is 24.1 Å². The van der Waals surface area contributed by atoms with Crippen molar-refractivity contribution in [1.82, 2.24) is 4.98 Å². The minimum absolute atomic E-state index is 0.0917. The Labute approximate surface area is 290 Å². The summed E-state index contributed by atoms with van der Waals surface area (Å²) in [7, 11) is 1.46. The molecule has 2 aliphatic carbocycles. The monoisotopic (exact) mass is 725 g/mol. The number of nitrogens with zero attached hydrogens (tertiary/aromatic N) is 1. The third-order valence-electron chi connectivity index (χ3n) is 10.2. The smallest absolute Gasteiger partial charge is 0.416 e. The number of fused-ring (bicyclic) bond motifs is 9. The summed E-state index contributed by atoms with van der Waals surface area (Å²) in [6.45, 7) is -0.354. The van der Waals surface area contributed by atoms with E-state index in [1.54, 1.807) is 12.1 Å². The number of amides is 3. The molecule has 15 heteroatoms. The Morgan fingerprint density at radius 3 is 2.44 bits per heavy atom. The van der Waals surface area contributed by atoms with Gasteiger partial charge in [0.15, 0.2) is 18.1 Å². The number of thioether (sulfide) groups is 1. The molecular formula is C35H27F4N3O6S2. The number of hydrogen-bond acceptors (Lipinski definition) is 8. The van der Waals surface area contributed by atoms with E-state index < -0.39 is 47.1 Å². The van der Waals surface area contributed by atoms with Crippen LogP contribution in [0.2, 0.25) is 0 Å². The Morgan fingerprint density at radius 2 is 1.72 bits per heavy atom. The highest BCUT2D eigenvalue weighted by atomic mass is 32.2. The third kappa shape index (κ3) is 5.29. The lowest BCUT2D eigenvalue weighted by Gasteiger charge is -2.43. The molecule has 258 valence electrons. The highest BCUT2D eigenvalue weighted by molar-refractivity contribution is 8.00. The SMILES string of the molecule is COc1cc([C@H]2c3sc(=O)[nH]c3SC3C2[C@H]2C[C@@H]3C3C(=O)N(c4cccc(C(F)(F)F)c4)C(=O)C32)ccc1OCC(=O)Nc1ccc(F)cc1. The fraction of sp³-hybridized carbons (Fsp3) is 0.314. The molecule has 8 rings (SSSR count). The van der Waals surface area contributed by atoms with Gasteiger partial charge in [0.25, 0.3) is 5.91 Å². The summed E-state index contributed by atoms with van der Waals surface area (Å²) in [4.78, 5) is 57.5. The zero-order chi connectivity index (χ0) is 35.1. The van der Waals surface area contributed by atoms with Crippen molar-refractivity contribution in [2.75, 3.05) is 23.9 Å². The van der Waals surface area contributed by atoms with Gasteiger partial charge in [-0.15, -0.1) is 11.8 Å². The lowest BCUT2D eigenvalue weighted by atomic mass is 9.68. The summed E-state index contributed by atoms with van der Waals surface area (Å²) in [6.07, 6.45) is -4.04. The topological polar surface area (TPSA) is 118 Å². The molecule has 3 fully saturated rings. The molecule has 2 saturated carbocycles. The quantitative estimate of drug-likeness (QED) is 0.170. The van der Waals surface area contributed by atoms with Crippen LogP contribution in [-0.2, 0) is 20.6 Å². The molecule has 2 aliphatic heterocycles. The van der Waals surface area contributed by atoms with E-state index in [0.717, 1.165) is 38.8 Å². The molecule has 2 bridgehead atoms. The molecule has 4 unspecified atom stereocenters. The first kappa shape index (κ1) is 32.6. The first-order valence-electron chi connectivity index (χ1n) is 15.7. The minimum atomic E-state index is -4.64. The van der Waals surface area contributed by atoms with E-state index in [-0.39, 0.29) is 51.8 Å². The van der Waals surface area contributed by atoms with Gasteiger partial charge >= 0.3 is 11.0 Å². The molecule has 3 aromatic carbocycles. The van der Waals surface area contributed by atoms with Gasteiger partial charge in [0, 0.05) is 21.7 Å². The van der Waals surface area contributed by atoms with Crippen LogP contribution < -0.4 is 24.6 Å². The van der Waals surface area contributed by atoms with E-state index >= 15 is 0 Å². The summed E-state index contributed by atoms with van der Waals surface area (Å²) in [5.74, 6) is -3.65. The lowest BCUT2D eigenvalue weighted by Crippen LogP contribution is -2.42. The summed E-state index contributed by atoms with van der Waals surface area (Å²) >= 11 is 2.58. The molecule has 2 N–H and O–H groups in total. The number of alkyl halides is 3. The molecule has 4 aliphatic rings. The zero-order valence-corrected chi connectivity index (χ0v) is 27.7. The number of H-pyrrole nitrogens is 1. The van der Waals surface area contributed by atoms with Crippen molar-refractivity contribution >= 4 is 52.2 Å². The van der Waals surface area contributed by atoms with Crippen molar-refractivity contribution in [3.05, 3.63) is 98.2 Å². The number of halogens is 4. The van der Waals surface area contributed by atoms with Crippen LogP contribution in [0.1, 0.15) is 28.3 Å². The molecule has 1 aromatic heterocycles. The number of thiazole rings is 1. The van der Waals surface area contributed by atoms with E-state index in [1.165, 1.54) is 55.3 Å². The zero-order valence-electron chi connectivity index (χ0n) is 26.0. The molecular weight excluding hydrogens is 699 g/mol. The Hall–Kier alpha value is -4.63. The average Bonchev–Trinajstić information content (AvgIpc) is 3.83. The average molecular weight is 726 g/mol. The number of benzene rings is 3. The maximum atomic E-state index is 14.0. The molecule has 9 nitrogen and oxygen atoms in total. The second kappa shape index (κ2) is 12.0. The molecule has 4 aromatic rings. The van der Waals surface area contributed by atoms with Crippen LogP contribution in [0, 0.1) is 35.4 Å². The highest BCUT2D eigenvalue weighted by Crippen LogP contribution is 2.69. The third-order valence-corrected chi connectivity index (χ3v) is 12.8. The molecule has 0 spiro atoms. The number of carbonyl (C=O) groups is 3. The molecule has 1 saturated heterocycles. The van der Waals surface area contributed by atoms with Crippen LogP contribution in [0.3, 0.4) is 0 Å². The van der Waals surface area contributed by atoms with Crippen LogP contribution >= 0.6 is 23.1 Å². The molecule has 3 heterocycles. The predicted molar refractivity (Wildman–Crippen MR) is 176 cm³/mol. The van der Waals surface area contributed by atoms with Crippen molar-refractivity contribution in [3.63, 3.8) is 0 Å². The van der Waals surface area contributed by atoms with Crippen LogP contribution in [0.15, 0.2) is 76.6 Å². The van der Waals surface area contributed by atoms with Crippen molar-refractivity contribution in [1.29, 1.82) is 0 Å².